The monoisotopic (exact) mass is 330 g/mol. The lowest BCUT2D eigenvalue weighted by atomic mass is 10.2. The van der Waals surface area contributed by atoms with Crippen molar-refractivity contribution in [3.05, 3.63) is 52.7 Å². The van der Waals surface area contributed by atoms with Crippen LogP contribution in [0.3, 0.4) is 0 Å². The van der Waals surface area contributed by atoms with Crippen molar-refractivity contribution < 1.29 is 4.79 Å². The highest BCUT2D eigenvalue weighted by Gasteiger charge is 2.09. The van der Waals surface area contributed by atoms with E-state index in [1.807, 2.05) is 35.7 Å². The number of amides is 1. The molecule has 7 nitrogen and oxygen atoms in total. The lowest BCUT2D eigenvalue weighted by Crippen LogP contribution is -2.21. The molecular formula is C15H15ClN6O. The van der Waals surface area contributed by atoms with E-state index in [2.05, 4.69) is 20.6 Å². The molecular weight excluding hydrogens is 316 g/mol. The summed E-state index contributed by atoms with van der Waals surface area (Å²) in [4.78, 5) is 12.0. The number of carbonyl (C=O) groups excluding carboxylic acids is 1. The number of fused-ring (bicyclic) bond motifs is 1. The number of nitrogens with one attached hydrogen (secondary N) is 1. The van der Waals surface area contributed by atoms with Crippen LogP contribution in [-0.4, -0.2) is 30.3 Å². The minimum Gasteiger partial charge on any atom is -0.345 e. The van der Waals surface area contributed by atoms with Gasteiger partial charge in [0.1, 0.15) is 5.15 Å². The van der Waals surface area contributed by atoms with Crippen molar-refractivity contribution in [3.63, 3.8) is 0 Å². The maximum Gasteiger partial charge on any atom is 0.244 e. The predicted molar refractivity (Wildman–Crippen MR) is 86.8 cm³/mol. The number of nitrogens with zero attached hydrogens (tertiary/aromatic N) is 5. The molecule has 3 aromatic rings. The first-order valence-corrected chi connectivity index (χ1v) is 7.37. The molecule has 0 saturated carbocycles. The average molecular weight is 331 g/mol. The topological polar surface area (TPSA) is 77.1 Å². The number of hydrogen-bond acceptors (Lipinski definition) is 4. The Hall–Kier alpha value is -2.67. The second kappa shape index (κ2) is 6.21. The number of carbonyl (C=O) groups is 1. The van der Waals surface area contributed by atoms with E-state index in [1.165, 1.54) is 6.08 Å². The zero-order valence-electron chi connectivity index (χ0n) is 12.7. The Morgan fingerprint density at radius 2 is 2.22 bits per heavy atom. The molecule has 0 fully saturated rings. The van der Waals surface area contributed by atoms with Crippen molar-refractivity contribution in [2.75, 3.05) is 0 Å². The van der Waals surface area contributed by atoms with Crippen LogP contribution in [-0.2, 0) is 18.4 Å². The van der Waals surface area contributed by atoms with E-state index >= 15 is 0 Å². The molecule has 0 spiro atoms. The van der Waals surface area contributed by atoms with Crippen LogP contribution < -0.4 is 5.32 Å². The summed E-state index contributed by atoms with van der Waals surface area (Å²) in [5.74, 6) is 0.426. The number of aromatic nitrogens is 5. The quantitative estimate of drug-likeness (QED) is 0.739. The summed E-state index contributed by atoms with van der Waals surface area (Å²) in [6.07, 6.45) is 4.94. The highest BCUT2D eigenvalue weighted by atomic mass is 35.5. The molecule has 0 aliphatic carbocycles. The second-order valence-corrected chi connectivity index (χ2v) is 5.37. The third-order valence-electron chi connectivity index (χ3n) is 3.40. The maximum absolute atomic E-state index is 12.0. The Balaban J connectivity index is 1.67. The van der Waals surface area contributed by atoms with Gasteiger partial charge in [-0.1, -0.05) is 17.7 Å². The lowest BCUT2D eigenvalue weighted by Gasteiger charge is -2.01. The third-order valence-corrected chi connectivity index (χ3v) is 3.85. The first kappa shape index (κ1) is 15.2. The van der Waals surface area contributed by atoms with Gasteiger partial charge in [-0.2, -0.15) is 5.10 Å². The summed E-state index contributed by atoms with van der Waals surface area (Å²) < 4.78 is 3.39. The van der Waals surface area contributed by atoms with Gasteiger partial charge in [-0.25, -0.2) is 0 Å². The van der Waals surface area contributed by atoms with E-state index in [4.69, 9.17) is 11.6 Å². The van der Waals surface area contributed by atoms with Crippen LogP contribution in [0.2, 0.25) is 5.15 Å². The van der Waals surface area contributed by atoms with Gasteiger partial charge < -0.3 is 5.32 Å². The SMILES string of the molecule is Cc1nn(C)c(Cl)c1/C=C/C(=O)NCc1nnc2ccccn12. The Morgan fingerprint density at radius 3 is 2.96 bits per heavy atom. The normalized spacial score (nSPS) is 11.4. The molecule has 3 aromatic heterocycles. The lowest BCUT2D eigenvalue weighted by molar-refractivity contribution is -0.116. The van der Waals surface area contributed by atoms with Crippen molar-refractivity contribution in [2.24, 2.45) is 7.05 Å². The minimum atomic E-state index is -0.239. The van der Waals surface area contributed by atoms with Crippen LogP contribution in [0, 0.1) is 6.92 Å². The molecule has 0 unspecified atom stereocenters. The van der Waals surface area contributed by atoms with Crippen molar-refractivity contribution >= 4 is 29.2 Å². The van der Waals surface area contributed by atoms with Gasteiger partial charge in [0.05, 0.1) is 12.2 Å². The summed E-state index contributed by atoms with van der Waals surface area (Å²) in [7, 11) is 1.75. The molecule has 0 saturated heterocycles. The van der Waals surface area contributed by atoms with Gasteiger partial charge in [-0.3, -0.25) is 13.9 Å². The molecule has 0 atom stereocenters. The van der Waals surface area contributed by atoms with Crippen LogP contribution in [0.15, 0.2) is 30.5 Å². The van der Waals surface area contributed by atoms with Crippen molar-refractivity contribution in [3.8, 4) is 0 Å². The molecule has 3 rings (SSSR count). The Morgan fingerprint density at radius 1 is 1.39 bits per heavy atom. The van der Waals surface area contributed by atoms with Gasteiger partial charge in [0.2, 0.25) is 5.91 Å². The van der Waals surface area contributed by atoms with Gasteiger partial charge in [0.25, 0.3) is 0 Å². The van der Waals surface area contributed by atoms with E-state index in [-0.39, 0.29) is 12.5 Å². The first-order valence-electron chi connectivity index (χ1n) is 7.00. The molecule has 0 radical (unpaired) electrons. The minimum absolute atomic E-state index is 0.239. The number of hydrogen-bond donors (Lipinski definition) is 1. The smallest absolute Gasteiger partial charge is 0.244 e. The Kier molecular flexibility index (Phi) is 4.12. The largest absolute Gasteiger partial charge is 0.345 e. The molecule has 0 bridgehead atoms. The molecule has 118 valence electrons. The third kappa shape index (κ3) is 3.09. The van der Waals surface area contributed by atoms with Crippen LogP contribution in [0.5, 0.6) is 0 Å². The maximum atomic E-state index is 12.0. The average Bonchev–Trinajstić information content (AvgIpc) is 3.05. The zero-order chi connectivity index (χ0) is 16.4. The van der Waals surface area contributed by atoms with E-state index in [1.54, 1.807) is 17.8 Å². The van der Waals surface area contributed by atoms with Gasteiger partial charge >= 0.3 is 0 Å². The molecule has 0 aromatic carbocycles. The van der Waals surface area contributed by atoms with Crippen molar-refractivity contribution in [1.82, 2.24) is 29.7 Å². The summed E-state index contributed by atoms with van der Waals surface area (Å²) in [5.41, 5.74) is 2.24. The van der Waals surface area contributed by atoms with Gasteiger partial charge in [-0.15, -0.1) is 10.2 Å². The second-order valence-electron chi connectivity index (χ2n) is 5.01. The molecule has 8 heteroatoms. The number of aryl methyl sites for hydroxylation is 2. The number of halogens is 1. The van der Waals surface area contributed by atoms with E-state index in [0.717, 1.165) is 16.9 Å². The zero-order valence-corrected chi connectivity index (χ0v) is 13.4. The van der Waals surface area contributed by atoms with Crippen LogP contribution in [0.1, 0.15) is 17.1 Å². The fraction of sp³-hybridized carbons (Fsp3) is 0.200. The molecule has 23 heavy (non-hydrogen) atoms. The Bertz CT molecular complexity index is 895. The highest BCUT2D eigenvalue weighted by Crippen LogP contribution is 2.19. The molecule has 3 heterocycles. The highest BCUT2D eigenvalue weighted by molar-refractivity contribution is 6.31. The first-order chi connectivity index (χ1) is 11.1. The number of rotatable bonds is 4. The molecule has 1 N–H and O–H groups in total. The van der Waals surface area contributed by atoms with Crippen LogP contribution >= 0.6 is 11.6 Å². The number of pyridine rings is 1. The summed E-state index contributed by atoms with van der Waals surface area (Å²) in [5, 5.41) is 15.5. The fourth-order valence-corrected chi connectivity index (χ4v) is 2.47. The van der Waals surface area contributed by atoms with Crippen LogP contribution in [0.25, 0.3) is 11.7 Å². The molecule has 1 amide bonds. The summed E-state index contributed by atoms with van der Waals surface area (Å²) in [6.45, 7) is 2.12. The van der Waals surface area contributed by atoms with Crippen LogP contribution in [0.4, 0.5) is 0 Å². The van der Waals surface area contributed by atoms with Crippen molar-refractivity contribution in [1.29, 1.82) is 0 Å². The fourth-order valence-electron chi connectivity index (χ4n) is 2.23. The standard InChI is InChI=1S/C15H15ClN6O/c1-10-11(15(16)21(2)20-10)6-7-14(23)17-9-13-19-18-12-5-3-4-8-22(12)13/h3-8H,9H2,1-2H3,(H,17,23)/b7-6+. The van der Waals surface area contributed by atoms with Gasteiger partial charge in [-0.05, 0) is 25.1 Å². The van der Waals surface area contributed by atoms with E-state index in [9.17, 15) is 4.79 Å². The van der Waals surface area contributed by atoms with E-state index < -0.39 is 0 Å². The van der Waals surface area contributed by atoms with Crippen molar-refractivity contribution in [2.45, 2.75) is 13.5 Å². The summed E-state index contributed by atoms with van der Waals surface area (Å²) >= 11 is 6.12. The van der Waals surface area contributed by atoms with Gasteiger partial charge in [0, 0.05) is 24.9 Å². The summed E-state index contributed by atoms with van der Waals surface area (Å²) in [6, 6.07) is 5.62. The van der Waals surface area contributed by atoms with E-state index in [0.29, 0.717) is 11.0 Å². The van der Waals surface area contributed by atoms with Gasteiger partial charge in [0.15, 0.2) is 11.5 Å². The molecule has 0 aliphatic rings. The Labute approximate surface area is 137 Å². The predicted octanol–water partition coefficient (Wildman–Crippen LogP) is 1.75. The molecule has 0 aliphatic heterocycles.